The SMILES string of the molecule is CCc1cccc(C(=O)O)c1NC(=O)c1ccccc1NCc1ccccc1. The number of hydrogen-bond donors (Lipinski definition) is 3. The molecule has 0 heterocycles. The molecule has 0 unspecified atom stereocenters. The van der Waals surface area contributed by atoms with E-state index in [2.05, 4.69) is 10.6 Å². The monoisotopic (exact) mass is 374 g/mol. The summed E-state index contributed by atoms with van der Waals surface area (Å²) < 4.78 is 0. The fourth-order valence-electron chi connectivity index (χ4n) is 3.03. The summed E-state index contributed by atoms with van der Waals surface area (Å²) in [6.45, 7) is 2.50. The molecule has 0 aliphatic carbocycles. The zero-order chi connectivity index (χ0) is 19.9. The smallest absolute Gasteiger partial charge is 0.337 e. The van der Waals surface area contributed by atoms with E-state index >= 15 is 0 Å². The Labute approximate surface area is 164 Å². The number of aromatic carboxylic acids is 1. The molecule has 0 radical (unpaired) electrons. The summed E-state index contributed by atoms with van der Waals surface area (Å²) in [6, 6.07) is 22.1. The summed E-state index contributed by atoms with van der Waals surface area (Å²) in [6.07, 6.45) is 0.616. The third kappa shape index (κ3) is 4.38. The van der Waals surface area contributed by atoms with Crippen molar-refractivity contribution < 1.29 is 14.7 Å². The number of aryl methyl sites for hydroxylation is 1. The highest BCUT2D eigenvalue weighted by Gasteiger charge is 2.18. The predicted octanol–water partition coefficient (Wildman–Crippen LogP) is 4.81. The number of nitrogens with one attached hydrogen (secondary N) is 2. The van der Waals surface area contributed by atoms with Crippen LogP contribution in [-0.2, 0) is 13.0 Å². The van der Waals surface area contributed by atoms with E-state index in [1.807, 2.05) is 55.5 Å². The third-order valence-corrected chi connectivity index (χ3v) is 4.50. The van der Waals surface area contributed by atoms with Gasteiger partial charge in [0.25, 0.3) is 5.91 Å². The second-order valence-electron chi connectivity index (χ2n) is 6.34. The van der Waals surface area contributed by atoms with Crippen molar-refractivity contribution in [1.29, 1.82) is 0 Å². The molecule has 0 aliphatic rings. The van der Waals surface area contributed by atoms with Gasteiger partial charge in [-0.3, -0.25) is 4.79 Å². The van der Waals surface area contributed by atoms with Crippen molar-refractivity contribution in [2.45, 2.75) is 19.9 Å². The number of amides is 1. The molecule has 3 rings (SSSR count). The first kappa shape index (κ1) is 19.2. The van der Waals surface area contributed by atoms with Gasteiger partial charge >= 0.3 is 5.97 Å². The second kappa shape index (κ2) is 8.86. The molecule has 5 heteroatoms. The molecule has 0 aromatic heterocycles. The third-order valence-electron chi connectivity index (χ3n) is 4.50. The van der Waals surface area contributed by atoms with Gasteiger partial charge in [0.2, 0.25) is 0 Å². The van der Waals surface area contributed by atoms with Crippen molar-refractivity contribution in [2.24, 2.45) is 0 Å². The van der Waals surface area contributed by atoms with Crippen molar-refractivity contribution in [3.8, 4) is 0 Å². The molecule has 0 fully saturated rings. The molecular weight excluding hydrogens is 352 g/mol. The number of carbonyl (C=O) groups is 2. The fourth-order valence-corrected chi connectivity index (χ4v) is 3.03. The molecule has 0 saturated carbocycles. The van der Waals surface area contributed by atoms with Crippen molar-refractivity contribution in [2.75, 3.05) is 10.6 Å². The van der Waals surface area contributed by atoms with Crippen LogP contribution in [0.2, 0.25) is 0 Å². The van der Waals surface area contributed by atoms with Crippen LogP contribution >= 0.6 is 0 Å². The van der Waals surface area contributed by atoms with Crippen molar-refractivity contribution in [1.82, 2.24) is 0 Å². The maximum absolute atomic E-state index is 12.9. The zero-order valence-corrected chi connectivity index (χ0v) is 15.6. The molecule has 28 heavy (non-hydrogen) atoms. The van der Waals surface area contributed by atoms with E-state index in [4.69, 9.17) is 0 Å². The van der Waals surface area contributed by atoms with Crippen LogP contribution in [0.3, 0.4) is 0 Å². The van der Waals surface area contributed by atoms with Crippen LogP contribution in [0.5, 0.6) is 0 Å². The lowest BCUT2D eigenvalue weighted by Crippen LogP contribution is -2.18. The van der Waals surface area contributed by atoms with E-state index < -0.39 is 5.97 Å². The molecule has 142 valence electrons. The number of benzene rings is 3. The molecule has 3 aromatic rings. The standard InChI is InChI=1S/C23H22N2O3/c1-2-17-11-8-13-19(23(27)28)21(17)25-22(26)18-12-6-7-14-20(18)24-15-16-9-4-3-5-10-16/h3-14,24H,2,15H2,1H3,(H,25,26)(H,27,28). The van der Waals surface area contributed by atoms with E-state index in [9.17, 15) is 14.7 Å². The fraction of sp³-hybridized carbons (Fsp3) is 0.130. The van der Waals surface area contributed by atoms with Gasteiger partial charge in [-0.25, -0.2) is 4.79 Å². The van der Waals surface area contributed by atoms with Gasteiger partial charge in [0.05, 0.1) is 16.8 Å². The van der Waals surface area contributed by atoms with Crippen LogP contribution in [0.1, 0.15) is 38.8 Å². The number of hydrogen-bond acceptors (Lipinski definition) is 3. The van der Waals surface area contributed by atoms with Crippen LogP contribution < -0.4 is 10.6 Å². The molecule has 0 aliphatic heterocycles. The topological polar surface area (TPSA) is 78.4 Å². The Morgan fingerprint density at radius 2 is 1.54 bits per heavy atom. The van der Waals surface area contributed by atoms with Crippen LogP contribution in [0.4, 0.5) is 11.4 Å². The summed E-state index contributed by atoms with van der Waals surface area (Å²) in [5.41, 5.74) is 3.46. The highest BCUT2D eigenvalue weighted by Crippen LogP contribution is 2.24. The van der Waals surface area contributed by atoms with Gasteiger partial charge in [0.15, 0.2) is 0 Å². The van der Waals surface area contributed by atoms with E-state index in [0.29, 0.717) is 29.9 Å². The minimum absolute atomic E-state index is 0.0856. The van der Waals surface area contributed by atoms with Gasteiger partial charge in [-0.05, 0) is 35.7 Å². The van der Waals surface area contributed by atoms with Crippen molar-refractivity contribution in [3.05, 3.63) is 95.1 Å². The molecule has 0 saturated heterocycles. The first-order valence-electron chi connectivity index (χ1n) is 9.13. The Kier molecular flexibility index (Phi) is 6.07. The summed E-state index contributed by atoms with van der Waals surface area (Å²) in [7, 11) is 0. The van der Waals surface area contributed by atoms with Gasteiger partial charge in [0, 0.05) is 12.2 Å². The second-order valence-corrected chi connectivity index (χ2v) is 6.34. The molecule has 3 N–H and O–H groups in total. The number of carboxylic acids is 1. The molecule has 1 amide bonds. The summed E-state index contributed by atoms with van der Waals surface area (Å²) in [4.78, 5) is 24.5. The summed E-state index contributed by atoms with van der Waals surface area (Å²) in [5, 5.41) is 15.6. The number of carbonyl (C=O) groups excluding carboxylic acids is 1. The predicted molar refractivity (Wildman–Crippen MR) is 111 cm³/mol. The van der Waals surface area contributed by atoms with Crippen molar-refractivity contribution >= 4 is 23.3 Å². The van der Waals surface area contributed by atoms with Crippen molar-refractivity contribution in [3.63, 3.8) is 0 Å². The van der Waals surface area contributed by atoms with Crippen LogP contribution in [0, 0.1) is 0 Å². The average Bonchev–Trinajstić information content (AvgIpc) is 2.73. The number of carboxylic acid groups (broad SMARTS) is 1. The maximum Gasteiger partial charge on any atom is 0.337 e. The number of para-hydroxylation sites is 2. The summed E-state index contributed by atoms with van der Waals surface area (Å²) >= 11 is 0. The van der Waals surface area contributed by atoms with Gasteiger partial charge in [0.1, 0.15) is 0 Å². The first-order chi connectivity index (χ1) is 13.6. The minimum atomic E-state index is -1.07. The molecule has 0 atom stereocenters. The molecular formula is C23H22N2O3. The zero-order valence-electron chi connectivity index (χ0n) is 15.6. The molecule has 5 nitrogen and oxygen atoms in total. The largest absolute Gasteiger partial charge is 0.478 e. The normalized spacial score (nSPS) is 10.3. The Morgan fingerprint density at radius 3 is 2.25 bits per heavy atom. The lowest BCUT2D eigenvalue weighted by Gasteiger charge is -2.15. The van der Waals surface area contributed by atoms with Gasteiger partial charge in [-0.2, -0.15) is 0 Å². The average molecular weight is 374 g/mol. The van der Waals surface area contributed by atoms with Gasteiger partial charge in [-0.1, -0.05) is 61.5 Å². The van der Waals surface area contributed by atoms with E-state index in [1.165, 1.54) is 6.07 Å². The molecule has 3 aromatic carbocycles. The van der Waals surface area contributed by atoms with Gasteiger partial charge < -0.3 is 15.7 Å². The Morgan fingerprint density at radius 1 is 0.857 bits per heavy atom. The van der Waals surface area contributed by atoms with Crippen LogP contribution in [0.15, 0.2) is 72.8 Å². The van der Waals surface area contributed by atoms with Crippen LogP contribution in [-0.4, -0.2) is 17.0 Å². The Hall–Kier alpha value is -3.60. The molecule has 0 bridgehead atoms. The summed E-state index contributed by atoms with van der Waals surface area (Å²) in [5.74, 6) is -1.42. The Balaban J connectivity index is 1.85. The highest BCUT2D eigenvalue weighted by molar-refractivity contribution is 6.11. The van der Waals surface area contributed by atoms with Crippen LogP contribution in [0.25, 0.3) is 0 Å². The lowest BCUT2D eigenvalue weighted by molar-refractivity contribution is 0.0698. The number of anilines is 2. The van der Waals surface area contributed by atoms with E-state index in [-0.39, 0.29) is 11.5 Å². The Bertz CT molecular complexity index is 984. The highest BCUT2D eigenvalue weighted by atomic mass is 16.4. The number of rotatable bonds is 7. The van der Waals surface area contributed by atoms with E-state index in [0.717, 1.165) is 11.1 Å². The first-order valence-corrected chi connectivity index (χ1v) is 9.13. The molecule has 0 spiro atoms. The maximum atomic E-state index is 12.9. The van der Waals surface area contributed by atoms with Gasteiger partial charge in [-0.15, -0.1) is 0 Å². The lowest BCUT2D eigenvalue weighted by atomic mass is 10.0. The minimum Gasteiger partial charge on any atom is -0.478 e. The quantitative estimate of drug-likeness (QED) is 0.554. The van der Waals surface area contributed by atoms with E-state index in [1.54, 1.807) is 18.2 Å².